The number of carbonyl (C=O) groups excluding carboxylic acids is 1. The van der Waals surface area contributed by atoms with Crippen molar-refractivity contribution in [3.63, 3.8) is 0 Å². The maximum atomic E-state index is 12.7. The molecule has 3 heterocycles. The molecule has 0 radical (unpaired) electrons. The van der Waals surface area contributed by atoms with Gasteiger partial charge >= 0.3 is 6.09 Å². The third-order valence-corrected chi connectivity index (χ3v) is 11.8. The van der Waals surface area contributed by atoms with E-state index in [4.69, 9.17) is 4.74 Å². The smallest absolute Gasteiger partial charge is 0.407 e. The first-order valence-electron chi connectivity index (χ1n) is 15.5. The van der Waals surface area contributed by atoms with E-state index in [0.717, 1.165) is 76.1 Å². The van der Waals surface area contributed by atoms with Crippen molar-refractivity contribution in [2.45, 2.75) is 53.4 Å². The zero-order valence-corrected chi connectivity index (χ0v) is 25.9. The number of piperidine rings is 1. The van der Waals surface area contributed by atoms with Gasteiger partial charge in [-0.2, -0.15) is 10.4 Å². The zero-order valence-electron chi connectivity index (χ0n) is 25.1. The number of amides is 1. The van der Waals surface area contributed by atoms with Gasteiger partial charge in [0.15, 0.2) is 0 Å². The minimum Gasteiger partial charge on any atom is -0.453 e. The fourth-order valence-electron chi connectivity index (χ4n) is 7.78. The standard InChI is InChI=1S/C33H40N6O4S/c1-43-32(40)37-31-9-5-8-30(31)33(23-34,25-6-3-2-4-7-25)26-14-16-38(17-15-26)20-24-21-39(22-24)27-10-12-28(13-11-27)44(41,42)29-18-35-36-19-29/h2-4,6-7,10-13,18-19,24,26,30-31H,5,8-9,14-17,20-22H2,1H3,(H,35,36)(H,37,40)/t30-,31-,33?/m0/s1. The van der Waals surface area contributed by atoms with Crippen molar-refractivity contribution < 1.29 is 17.9 Å². The number of nitrogens with one attached hydrogen (secondary N) is 2. The average Bonchev–Trinajstić information content (AvgIpc) is 3.75. The molecule has 2 N–H and O–H groups in total. The van der Waals surface area contributed by atoms with Crippen LogP contribution in [-0.4, -0.2) is 75.5 Å². The highest BCUT2D eigenvalue weighted by atomic mass is 32.2. The molecule has 2 aliphatic heterocycles. The van der Waals surface area contributed by atoms with Crippen LogP contribution in [0.15, 0.2) is 76.8 Å². The van der Waals surface area contributed by atoms with Gasteiger partial charge in [0.05, 0.1) is 29.7 Å². The number of nitrogens with zero attached hydrogens (tertiary/aromatic N) is 4. The van der Waals surface area contributed by atoms with E-state index in [2.05, 4.69) is 43.5 Å². The summed E-state index contributed by atoms with van der Waals surface area (Å²) in [7, 11) is -2.18. The van der Waals surface area contributed by atoms with Gasteiger partial charge in [-0.25, -0.2) is 13.2 Å². The molecule has 1 amide bonds. The van der Waals surface area contributed by atoms with E-state index in [0.29, 0.717) is 5.92 Å². The predicted molar refractivity (Wildman–Crippen MR) is 166 cm³/mol. The minimum absolute atomic E-state index is 0.0341. The van der Waals surface area contributed by atoms with Gasteiger partial charge in [0.25, 0.3) is 0 Å². The number of likely N-dealkylation sites (tertiary alicyclic amines) is 1. The Labute approximate surface area is 259 Å². The van der Waals surface area contributed by atoms with E-state index in [1.807, 2.05) is 30.3 Å². The number of hydrogen-bond acceptors (Lipinski definition) is 8. The number of rotatable bonds is 9. The van der Waals surface area contributed by atoms with E-state index in [9.17, 15) is 18.5 Å². The Hall–Kier alpha value is -3.88. The summed E-state index contributed by atoms with van der Waals surface area (Å²) in [5.41, 5.74) is 1.42. The Bertz CT molecular complexity index is 1560. The fourth-order valence-corrected chi connectivity index (χ4v) is 8.95. The maximum absolute atomic E-state index is 12.7. The number of methoxy groups -OCH3 is 1. The third kappa shape index (κ3) is 5.69. The summed E-state index contributed by atoms with van der Waals surface area (Å²) >= 11 is 0. The summed E-state index contributed by atoms with van der Waals surface area (Å²) in [5, 5.41) is 20.3. The van der Waals surface area contributed by atoms with E-state index < -0.39 is 21.3 Å². The number of carbonyl (C=O) groups is 1. The van der Waals surface area contributed by atoms with Crippen LogP contribution in [-0.2, 0) is 20.0 Å². The molecular weight excluding hydrogens is 576 g/mol. The highest BCUT2D eigenvalue weighted by Crippen LogP contribution is 2.50. The molecule has 0 bridgehead atoms. The summed E-state index contributed by atoms with van der Waals surface area (Å²) in [5.74, 6) is 0.775. The number of nitriles is 1. The Morgan fingerprint density at radius 2 is 1.80 bits per heavy atom. The van der Waals surface area contributed by atoms with Crippen LogP contribution < -0.4 is 10.2 Å². The molecule has 2 saturated heterocycles. The molecule has 3 aromatic rings. The zero-order chi connectivity index (χ0) is 30.7. The van der Waals surface area contributed by atoms with Crippen LogP contribution >= 0.6 is 0 Å². The van der Waals surface area contributed by atoms with Gasteiger partial charge in [0.1, 0.15) is 4.90 Å². The number of benzene rings is 2. The molecule has 6 rings (SSSR count). The van der Waals surface area contributed by atoms with Crippen LogP contribution in [0.4, 0.5) is 10.5 Å². The molecule has 2 aromatic carbocycles. The lowest BCUT2D eigenvalue weighted by atomic mass is 9.59. The summed E-state index contributed by atoms with van der Waals surface area (Å²) in [6.07, 6.45) is 6.90. The summed E-state index contributed by atoms with van der Waals surface area (Å²) in [4.78, 5) is 17.4. The van der Waals surface area contributed by atoms with Crippen LogP contribution in [0.3, 0.4) is 0 Å². The Balaban J connectivity index is 1.07. The third-order valence-electron chi connectivity index (χ3n) is 10.0. The fraction of sp³-hybridized carbons (Fsp3) is 0.485. The molecule has 3 atom stereocenters. The van der Waals surface area contributed by atoms with Crippen molar-refractivity contribution in [2.75, 3.05) is 44.7 Å². The van der Waals surface area contributed by atoms with Crippen molar-refractivity contribution >= 4 is 21.6 Å². The van der Waals surface area contributed by atoms with Gasteiger partial charge in [-0.15, -0.1) is 0 Å². The van der Waals surface area contributed by atoms with Crippen molar-refractivity contribution in [3.05, 3.63) is 72.6 Å². The van der Waals surface area contributed by atoms with Crippen molar-refractivity contribution in [1.82, 2.24) is 20.4 Å². The molecule has 3 fully saturated rings. The van der Waals surface area contributed by atoms with E-state index in [1.54, 1.807) is 12.1 Å². The monoisotopic (exact) mass is 616 g/mol. The molecule has 1 aliphatic carbocycles. The highest BCUT2D eigenvalue weighted by Gasteiger charge is 2.52. The van der Waals surface area contributed by atoms with Gasteiger partial charge in [-0.1, -0.05) is 36.8 Å². The molecule has 232 valence electrons. The number of ether oxygens (including phenoxy) is 1. The van der Waals surface area contributed by atoms with Crippen LogP contribution in [0.2, 0.25) is 0 Å². The van der Waals surface area contributed by atoms with Gasteiger partial charge in [-0.05, 0) is 74.5 Å². The topological polar surface area (TPSA) is 131 Å². The SMILES string of the molecule is COC(=O)N[C@H]1CCC[C@@H]1C(C#N)(c1ccccc1)C1CCN(CC2CN(c3ccc(S(=O)(=O)c4cn[nH]c4)cc3)C2)CC1. The second-order valence-electron chi connectivity index (χ2n) is 12.4. The van der Waals surface area contributed by atoms with Gasteiger partial charge in [0.2, 0.25) is 9.84 Å². The van der Waals surface area contributed by atoms with Crippen LogP contribution in [0.1, 0.15) is 37.7 Å². The molecule has 44 heavy (non-hydrogen) atoms. The quantitative estimate of drug-likeness (QED) is 0.362. The molecule has 1 unspecified atom stereocenters. The molecule has 0 spiro atoms. The second kappa shape index (κ2) is 12.6. The van der Waals surface area contributed by atoms with E-state index >= 15 is 0 Å². The highest BCUT2D eigenvalue weighted by molar-refractivity contribution is 7.91. The number of aromatic nitrogens is 2. The number of hydrogen-bond donors (Lipinski definition) is 2. The first kappa shape index (κ1) is 30.2. The number of H-pyrrole nitrogens is 1. The molecule has 1 saturated carbocycles. The van der Waals surface area contributed by atoms with Gasteiger partial charge < -0.3 is 19.9 Å². The Morgan fingerprint density at radius 1 is 1.07 bits per heavy atom. The van der Waals surface area contributed by atoms with Crippen LogP contribution in [0, 0.1) is 29.1 Å². The first-order valence-corrected chi connectivity index (χ1v) is 17.0. The number of aromatic amines is 1. The first-order chi connectivity index (χ1) is 21.3. The summed E-state index contributed by atoms with van der Waals surface area (Å²) < 4.78 is 30.4. The number of anilines is 1. The summed E-state index contributed by atoms with van der Waals surface area (Å²) in [6.45, 7) is 4.77. The van der Waals surface area contributed by atoms with Gasteiger partial charge in [0, 0.05) is 49.4 Å². The van der Waals surface area contributed by atoms with Crippen molar-refractivity contribution in [3.8, 4) is 6.07 Å². The van der Waals surface area contributed by atoms with Gasteiger partial charge in [-0.3, -0.25) is 5.10 Å². The Kier molecular flexibility index (Phi) is 8.65. The number of alkyl carbamates (subject to hydrolysis) is 1. The molecule has 1 aromatic heterocycles. The largest absolute Gasteiger partial charge is 0.453 e. The average molecular weight is 617 g/mol. The number of sulfone groups is 1. The van der Waals surface area contributed by atoms with Crippen LogP contribution in [0.5, 0.6) is 0 Å². The maximum Gasteiger partial charge on any atom is 0.407 e. The van der Waals surface area contributed by atoms with Crippen molar-refractivity contribution in [2.24, 2.45) is 17.8 Å². The normalized spacial score (nSPS) is 23.0. The summed E-state index contributed by atoms with van der Waals surface area (Å²) in [6, 6.07) is 20.0. The molecular formula is C33H40N6O4S. The Morgan fingerprint density at radius 3 is 2.43 bits per heavy atom. The lowest BCUT2D eigenvalue weighted by molar-refractivity contribution is 0.0939. The van der Waals surface area contributed by atoms with E-state index in [-0.39, 0.29) is 27.7 Å². The molecule has 10 nitrogen and oxygen atoms in total. The molecule has 3 aliphatic rings. The van der Waals surface area contributed by atoms with Crippen LogP contribution in [0.25, 0.3) is 0 Å². The van der Waals surface area contributed by atoms with Crippen molar-refractivity contribution in [1.29, 1.82) is 5.26 Å². The predicted octanol–water partition coefficient (Wildman–Crippen LogP) is 4.38. The lowest BCUT2D eigenvalue weighted by Gasteiger charge is -2.48. The molecule has 11 heteroatoms. The second-order valence-corrected chi connectivity index (χ2v) is 14.4. The lowest BCUT2D eigenvalue weighted by Crippen LogP contribution is -2.55. The minimum atomic E-state index is -3.57. The van der Waals surface area contributed by atoms with E-state index in [1.165, 1.54) is 19.5 Å².